The number of nitro benzene ring substituents is 2. The number of nitro groups is 2. The summed E-state index contributed by atoms with van der Waals surface area (Å²) in [5.41, 5.74) is 0.398. The van der Waals surface area contributed by atoms with Crippen molar-refractivity contribution in [3.8, 4) is 17.2 Å². The summed E-state index contributed by atoms with van der Waals surface area (Å²) in [7, 11) is 0. The maximum absolute atomic E-state index is 11.5. The molecule has 0 amide bonds. The van der Waals surface area contributed by atoms with Gasteiger partial charge in [-0.05, 0) is 54.1 Å². The minimum absolute atomic E-state index is 0.110. The Bertz CT molecular complexity index is 1400. The number of benzene rings is 4. The highest BCUT2D eigenvalue weighted by atomic mass is 16.6. The van der Waals surface area contributed by atoms with E-state index in [9.17, 15) is 20.2 Å². The van der Waals surface area contributed by atoms with E-state index in [1.54, 1.807) is 12.3 Å². The van der Waals surface area contributed by atoms with Crippen molar-refractivity contribution in [3.05, 3.63) is 105 Å². The highest BCUT2D eigenvalue weighted by molar-refractivity contribution is 6.03. The van der Waals surface area contributed by atoms with Crippen LogP contribution in [0, 0.1) is 20.2 Å². The van der Waals surface area contributed by atoms with E-state index in [4.69, 9.17) is 9.47 Å². The summed E-state index contributed by atoms with van der Waals surface area (Å²) >= 11 is 0. The van der Waals surface area contributed by atoms with E-state index in [2.05, 4.69) is 4.99 Å². The van der Waals surface area contributed by atoms with Crippen LogP contribution in [0.4, 0.5) is 17.1 Å². The van der Waals surface area contributed by atoms with Crippen LogP contribution in [0.2, 0.25) is 0 Å². The Hall–Kier alpha value is -4.79. The third-order valence-corrected chi connectivity index (χ3v) is 4.99. The smallest absolute Gasteiger partial charge is 0.318 e. The Kier molecular flexibility index (Phi) is 6.45. The van der Waals surface area contributed by atoms with Crippen LogP contribution in [0.5, 0.6) is 17.2 Å². The number of aliphatic imine (C=N–C) groups is 1. The maximum atomic E-state index is 11.5. The zero-order chi connectivity index (χ0) is 24.1. The van der Waals surface area contributed by atoms with Crippen molar-refractivity contribution in [2.75, 3.05) is 6.61 Å². The normalized spacial score (nSPS) is 11.0. The molecule has 0 aliphatic carbocycles. The van der Waals surface area contributed by atoms with Gasteiger partial charge < -0.3 is 9.47 Å². The van der Waals surface area contributed by atoms with E-state index in [1.165, 1.54) is 6.07 Å². The van der Waals surface area contributed by atoms with Crippen molar-refractivity contribution in [2.45, 2.75) is 6.92 Å². The van der Waals surface area contributed by atoms with Gasteiger partial charge in [0.25, 0.3) is 5.69 Å². The summed E-state index contributed by atoms with van der Waals surface area (Å²) in [4.78, 5) is 25.7. The first-order valence-electron chi connectivity index (χ1n) is 10.4. The average Bonchev–Trinajstić information content (AvgIpc) is 2.84. The number of ether oxygens (including phenoxy) is 2. The zero-order valence-corrected chi connectivity index (χ0v) is 18.1. The van der Waals surface area contributed by atoms with Gasteiger partial charge in [-0.3, -0.25) is 25.2 Å². The molecule has 4 aromatic carbocycles. The Morgan fingerprint density at radius 1 is 0.882 bits per heavy atom. The van der Waals surface area contributed by atoms with E-state index in [-0.39, 0.29) is 5.75 Å². The fourth-order valence-electron chi connectivity index (χ4n) is 3.40. The molecule has 0 saturated heterocycles. The van der Waals surface area contributed by atoms with Crippen molar-refractivity contribution in [3.63, 3.8) is 0 Å². The molecule has 0 radical (unpaired) electrons. The highest BCUT2D eigenvalue weighted by Crippen LogP contribution is 2.37. The molecule has 4 aromatic rings. The molecule has 0 N–H and O–H groups in total. The second-order valence-electron chi connectivity index (χ2n) is 7.15. The van der Waals surface area contributed by atoms with Gasteiger partial charge in [-0.2, -0.15) is 0 Å². The number of nitrogens with zero attached hydrogens (tertiary/aromatic N) is 3. The Balaban J connectivity index is 1.76. The molecule has 0 unspecified atom stereocenters. The van der Waals surface area contributed by atoms with E-state index in [1.807, 2.05) is 61.5 Å². The van der Waals surface area contributed by atoms with E-state index >= 15 is 0 Å². The Labute approximate surface area is 194 Å². The lowest BCUT2D eigenvalue weighted by atomic mass is 10.0. The molecule has 0 fully saturated rings. The van der Waals surface area contributed by atoms with Crippen LogP contribution in [-0.2, 0) is 0 Å². The largest absolute Gasteiger partial charge is 0.494 e. The van der Waals surface area contributed by atoms with Gasteiger partial charge in [0.15, 0.2) is 0 Å². The quantitative estimate of drug-likeness (QED) is 0.167. The van der Waals surface area contributed by atoms with Gasteiger partial charge in [0.2, 0.25) is 5.75 Å². The SMILES string of the molecule is CCOc1ccc(N=Cc2c(Oc3ccc([N+](=O)[O-])cc3[N+](=O)[O-])ccc3ccccc23)cc1. The number of fused-ring (bicyclic) bond motifs is 1. The zero-order valence-electron chi connectivity index (χ0n) is 18.1. The molecule has 34 heavy (non-hydrogen) atoms. The maximum Gasteiger partial charge on any atom is 0.318 e. The second-order valence-corrected chi connectivity index (χ2v) is 7.15. The molecule has 170 valence electrons. The first-order chi connectivity index (χ1) is 16.5. The van der Waals surface area contributed by atoms with E-state index < -0.39 is 21.2 Å². The van der Waals surface area contributed by atoms with Crippen LogP contribution in [0.15, 0.2) is 83.9 Å². The lowest BCUT2D eigenvalue weighted by Crippen LogP contribution is -1.98. The molecule has 9 nitrogen and oxygen atoms in total. The van der Waals surface area contributed by atoms with Gasteiger partial charge in [0.05, 0.1) is 28.2 Å². The van der Waals surface area contributed by atoms with Crippen LogP contribution in [0.1, 0.15) is 12.5 Å². The second kappa shape index (κ2) is 9.78. The van der Waals surface area contributed by atoms with E-state index in [0.717, 1.165) is 28.7 Å². The first kappa shape index (κ1) is 22.4. The van der Waals surface area contributed by atoms with Crippen LogP contribution >= 0.6 is 0 Å². The van der Waals surface area contributed by atoms with Crippen LogP contribution < -0.4 is 9.47 Å². The summed E-state index contributed by atoms with van der Waals surface area (Å²) in [5, 5.41) is 24.3. The molecule has 0 spiro atoms. The molecule has 4 rings (SSSR count). The molecule has 9 heteroatoms. The van der Waals surface area contributed by atoms with Gasteiger partial charge in [-0.1, -0.05) is 30.3 Å². The average molecular weight is 457 g/mol. The predicted octanol–water partition coefficient (Wildman–Crippen LogP) is 6.60. The van der Waals surface area contributed by atoms with Crippen LogP contribution in [-0.4, -0.2) is 22.7 Å². The van der Waals surface area contributed by atoms with Crippen molar-refractivity contribution in [1.82, 2.24) is 0 Å². The number of non-ortho nitro benzene ring substituents is 1. The molecular formula is C25H19N3O6. The molecule has 0 heterocycles. The molecule has 0 atom stereocenters. The molecular weight excluding hydrogens is 438 g/mol. The van der Waals surface area contributed by atoms with Crippen LogP contribution in [0.25, 0.3) is 10.8 Å². The van der Waals surface area contributed by atoms with Crippen molar-refractivity contribution in [1.29, 1.82) is 0 Å². The van der Waals surface area contributed by atoms with Gasteiger partial charge in [0.1, 0.15) is 11.5 Å². The molecule has 0 aliphatic rings. The summed E-state index contributed by atoms with van der Waals surface area (Å²) < 4.78 is 11.4. The lowest BCUT2D eigenvalue weighted by Gasteiger charge is -2.12. The summed E-state index contributed by atoms with van der Waals surface area (Å²) in [5.74, 6) is 0.952. The molecule has 0 saturated carbocycles. The monoisotopic (exact) mass is 457 g/mol. The molecule has 0 aromatic heterocycles. The van der Waals surface area contributed by atoms with Crippen LogP contribution in [0.3, 0.4) is 0 Å². The first-order valence-corrected chi connectivity index (χ1v) is 10.4. The van der Waals surface area contributed by atoms with Crippen molar-refractivity contribution in [2.24, 2.45) is 4.99 Å². The van der Waals surface area contributed by atoms with E-state index in [0.29, 0.717) is 23.6 Å². The molecule has 0 bridgehead atoms. The number of hydrogen-bond acceptors (Lipinski definition) is 7. The fraction of sp³-hybridized carbons (Fsp3) is 0.0800. The Morgan fingerprint density at radius 3 is 2.32 bits per heavy atom. The third kappa shape index (κ3) is 4.83. The standard InChI is InChI=1S/C25H19N3O6/c1-2-33-20-11-8-18(9-12-20)26-16-22-21-6-4-3-5-17(21)7-13-24(22)34-25-14-10-19(27(29)30)15-23(25)28(31)32/h3-16H,2H2,1H3. The summed E-state index contributed by atoms with van der Waals surface area (Å²) in [6, 6.07) is 21.6. The lowest BCUT2D eigenvalue weighted by molar-refractivity contribution is -0.394. The Morgan fingerprint density at radius 2 is 1.62 bits per heavy atom. The van der Waals surface area contributed by atoms with Gasteiger partial charge in [-0.25, -0.2) is 0 Å². The van der Waals surface area contributed by atoms with Crippen molar-refractivity contribution < 1.29 is 19.3 Å². The summed E-state index contributed by atoms with van der Waals surface area (Å²) in [6.07, 6.45) is 1.63. The predicted molar refractivity (Wildman–Crippen MR) is 129 cm³/mol. The topological polar surface area (TPSA) is 117 Å². The highest BCUT2D eigenvalue weighted by Gasteiger charge is 2.22. The van der Waals surface area contributed by atoms with Crippen molar-refractivity contribution >= 4 is 34.0 Å². The molecule has 0 aliphatic heterocycles. The summed E-state index contributed by atoms with van der Waals surface area (Å²) in [6.45, 7) is 2.47. The fourth-order valence-corrected chi connectivity index (χ4v) is 3.40. The van der Waals surface area contributed by atoms with Gasteiger partial charge >= 0.3 is 5.69 Å². The number of rotatable bonds is 8. The van der Waals surface area contributed by atoms with Gasteiger partial charge in [-0.15, -0.1) is 0 Å². The third-order valence-electron chi connectivity index (χ3n) is 4.99. The minimum atomic E-state index is -0.711. The number of hydrogen-bond donors (Lipinski definition) is 0. The minimum Gasteiger partial charge on any atom is -0.494 e. The van der Waals surface area contributed by atoms with Gasteiger partial charge in [0, 0.05) is 17.8 Å².